The van der Waals surface area contributed by atoms with Gasteiger partial charge in [0.25, 0.3) is 0 Å². The van der Waals surface area contributed by atoms with Crippen LogP contribution in [0.2, 0.25) is 0 Å². The summed E-state index contributed by atoms with van der Waals surface area (Å²) in [6.07, 6.45) is -2.64. The molecule has 4 nitrogen and oxygen atoms in total. The Labute approximate surface area is 178 Å². The van der Waals surface area contributed by atoms with Crippen molar-refractivity contribution in [2.75, 3.05) is 29.6 Å². The number of rotatable bonds is 5. The van der Waals surface area contributed by atoms with Gasteiger partial charge in [-0.15, -0.1) is 0 Å². The zero-order chi connectivity index (χ0) is 21.8. The fourth-order valence-corrected chi connectivity index (χ4v) is 2.86. The minimum absolute atomic E-state index is 0.110. The highest BCUT2D eigenvalue weighted by atomic mass is 32.2. The van der Waals surface area contributed by atoms with E-state index < -0.39 is 11.9 Å². The Balaban J connectivity index is 0.000000326. The van der Waals surface area contributed by atoms with Crippen LogP contribution in [0.1, 0.15) is 6.42 Å². The van der Waals surface area contributed by atoms with Crippen LogP contribution >= 0.6 is 24.0 Å². The molecular formula is C20H23F3N4S2. The first-order chi connectivity index (χ1) is 13.7. The molecule has 9 heteroatoms. The second-order valence-corrected chi connectivity index (χ2v) is 7.20. The minimum atomic E-state index is -2.28. The van der Waals surface area contributed by atoms with Gasteiger partial charge in [-0.2, -0.15) is 8.78 Å². The number of amidine groups is 1. The number of thioether (sulfide) groups is 1. The Morgan fingerprint density at radius 2 is 1.38 bits per heavy atom. The fraction of sp³-hybridized carbons (Fsp3) is 0.200. The van der Waals surface area contributed by atoms with Crippen LogP contribution in [0, 0.1) is 5.41 Å². The van der Waals surface area contributed by atoms with E-state index in [9.17, 15) is 13.2 Å². The fourth-order valence-electron chi connectivity index (χ4n) is 1.98. The molecule has 3 N–H and O–H groups in total. The number of halogens is 3. The summed E-state index contributed by atoms with van der Waals surface area (Å²) in [5.74, 6) is -1.29. The molecule has 0 atom stereocenters. The van der Waals surface area contributed by atoms with Gasteiger partial charge in [0, 0.05) is 37.6 Å². The highest BCUT2D eigenvalue weighted by Gasteiger charge is 2.09. The highest BCUT2D eigenvalue weighted by Crippen LogP contribution is 2.20. The molecular weight excluding hydrogens is 417 g/mol. The quantitative estimate of drug-likeness (QED) is 0.359. The number of nitrogens with one attached hydrogen (secondary N) is 1. The zero-order valence-electron chi connectivity index (χ0n) is 16.1. The summed E-state index contributed by atoms with van der Waals surface area (Å²) in [5.41, 5.74) is 7.26. The molecule has 0 aliphatic rings. The van der Waals surface area contributed by atoms with Gasteiger partial charge in [0.1, 0.15) is 0 Å². The van der Waals surface area contributed by atoms with Crippen molar-refractivity contribution in [1.82, 2.24) is 0 Å². The first-order valence-electron chi connectivity index (χ1n) is 8.52. The van der Waals surface area contributed by atoms with Gasteiger partial charge in [-0.1, -0.05) is 48.2 Å². The molecule has 0 aliphatic carbocycles. The molecule has 156 valence electrons. The lowest BCUT2D eigenvalue weighted by atomic mass is 10.3. The molecule has 0 amide bonds. The lowest BCUT2D eigenvalue weighted by Gasteiger charge is -2.19. The molecule has 0 aliphatic heterocycles. The van der Waals surface area contributed by atoms with E-state index in [2.05, 4.69) is 0 Å². The number of anilines is 2. The molecule has 29 heavy (non-hydrogen) atoms. The van der Waals surface area contributed by atoms with Crippen molar-refractivity contribution >= 4 is 45.6 Å². The Morgan fingerprint density at radius 1 is 0.931 bits per heavy atom. The summed E-state index contributed by atoms with van der Waals surface area (Å²) in [5, 5.41) is 8.32. The lowest BCUT2D eigenvalue weighted by molar-refractivity contribution is 0.373. The SMILES string of the molecule is CN(C(=N)SCCC(F)=C(F)F)c1ccccc1.CN(C(N)=S)c1ccccc1. The van der Waals surface area contributed by atoms with E-state index in [0.29, 0.717) is 5.11 Å². The second kappa shape index (κ2) is 12.8. The average Bonchev–Trinajstić information content (AvgIpc) is 2.74. The van der Waals surface area contributed by atoms with E-state index in [4.69, 9.17) is 23.4 Å². The molecule has 2 aromatic rings. The number of benzene rings is 2. The van der Waals surface area contributed by atoms with Crippen LogP contribution in [0.4, 0.5) is 24.5 Å². The van der Waals surface area contributed by atoms with Gasteiger partial charge in [-0.25, -0.2) is 4.39 Å². The average molecular weight is 441 g/mol. The molecule has 0 heterocycles. The summed E-state index contributed by atoms with van der Waals surface area (Å²) in [4.78, 5) is 3.37. The molecule has 0 spiro atoms. The number of thiocarbonyl (C=S) groups is 1. The van der Waals surface area contributed by atoms with Crippen LogP contribution in [0.3, 0.4) is 0 Å². The van der Waals surface area contributed by atoms with E-state index in [0.717, 1.165) is 23.1 Å². The maximum absolute atomic E-state index is 12.5. The van der Waals surface area contributed by atoms with Crippen molar-refractivity contribution in [3.05, 3.63) is 72.6 Å². The number of para-hydroxylation sites is 2. The Bertz CT molecular complexity index is 813. The third-order valence-corrected chi connectivity index (χ3v) is 4.92. The first kappa shape index (κ1) is 24.5. The first-order valence-corrected chi connectivity index (χ1v) is 9.91. The number of allylic oxidation sites excluding steroid dienone is 1. The Hall–Kier alpha value is -2.52. The van der Waals surface area contributed by atoms with Gasteiger partial charge in [0.05, 0.1) is 0 Å². The highest BCUT2D eigenvalue weighted by molar-refractivity contribution is 8.14. The maximum atomic E-state index is 12.5. The van der Waals surface area contributed by atoms with Gasteiger partial charge in [-0.05, 0) is 36.5 Å². The van der Waals surface area contributed by atoms with E-state index >= 15 is 0 Å². The van der Waals surface area contributed by atoms with Crippen molar-refractivity contribution < 1.29 is 13.2 Å². The monoisotopic (exact) mass is 440 g/mol. The summed E-state index contributed by atoms with van der Waals surface area (Å²) < 4.78 is 36.1. The van der Waals surface area contributed by atoms with Crippen molar-refractivity contribution in [3.63, 3.8) is 0 Å². The molecule has 0 radical (unpaired) electrons. The number of nitrogens with zero attached hydrogens (tertiary/aromatic N) is 2. The molecule has 0 saturated carbocycles. The van der Waals surface area contributed by atoms with Crippen LogP contribution in [0.15, 0.2) is 72.6 Å². The van der Waals surface area contributed by atoms with Gasteiger partial charge in [0.15, 0.2) is 16.1 Å². The van der Waals surface area contributed by atoms with Gasteiger partial charge < -0.3 is 15.5 Å². The van der Waals surface area contributed by atoms with E-state index in [-0.39, 0.29) is 17.3 Å². The van der Waals surface area contributed by atoms with Crippen molar-refractivity contribution in [1.29, 1.82) is 5.41 Å². The van der Waals surface area contributed by atoms with Crippen LogP contribution in [-0.2, 0) is 0 Å². The van der Waals surface area contributed by atoms with Crippen LogP contribution < -0.4 is 15.5 Å². The molecule has 2 rings (SSSR count). The Morgan fingerprint density at radius 3 is 1.79 bits per heavy atom. The van der Waals surface area contributed by atoms with Crippen LogP contribution in [0.5, 0.6) is 0 Å². The summed E-state index contributed by atoms with van der Waals surface area (Å²) >= 11 is 5.83. The predicted molar refractivity (Wildman–Crippen MR) is 122 cm³/mol. The topological polar surface area (TPSA) is 56.4 Å². The molecule has 0 unspecified atom stereocenters. The van der Waals surface area contributed by atoms with Gasteiger partial charge in [0.2, 0.25) is 0 Å². The van der Waals surface area contributed by atoms with E-state index in [1.807, 2.05) is 67.7 Å². The summed E-state index contributed by atoms with van der Waals surface area (Å²) in [6, 6.07) is 19.0. The largest absolute Gasteiger partial charge is 0.376 e. The maximum Gasteiger partial charge on any atom is 0.301 e. The number of hydrogen-bond donors (Lipinski definition) is 2. The molecule has 2 aromatic carbocycles. The number of nitrogens with two attached hydrogens (primary N) is 1. The minimum Gasteiger partial charge on any atom is -0.376 e. The third-order valence-electron chi connectivity index (χ3n) is 3.69. The van der Waals surface area contributed by atoms with E-state index in [1.54, 1.807) is 16.8 Å². The standard InChI is InChI=1S/C12H13F3N2S.C8H10N2S/c1-17(9-5-3-2-4-6-9)12(16)18-8-7-10(13)11(14)15;1-10(8(9)11)7-5-3-2-4-6-7/h2-6,16H,7-8H2,1H3;2-6H,1H3,(H2,9,11). The third kappa shape index (κ3) is 9.01. The second-order valence-electron chi connectivity index (χ2n) is 5.70. The van der Waals surface area contributed by atoms with Gasteiger partial charge >= 0.3 is 6.08 Å². The Kier molecular flexibility index (Phi) is 10.9. The van der Waals surface area contributed by atoms with Crippen LogP contribution in [-0.4, -0.2) is 30.1 Å². The smallest absolute Gasteiger partial charge is 0.301 e. The molecule has 0 bridgehead atoms. The van der Waals surface area contributed by atoms with Crippen molar-refractivity contribution in [2.24, 2.45) is 5.73 Å². The summed E-state index contributed by atoms with van der Waals surface area (Å²) in [7, 11) is 3.55. The predicted octanol–water partition coefficient (Wildman–Crippen LogP) is 5.62. The molecule has 0 fully saturated rings. The van der Waals surface area contributed by atoms with Crippen molar-refractivity contribution in [2.45, 2.75) is 6.42 Å². The van der Waals surface area contributed by atoms with Crippen molar-refractivity contribution in [3.8, 4) is 0 Å². The number of hydrogen-bond acceptors (Lipinski definition) is 3. The van der Waals surface area contributed by atoms with E-state index in [1.165, 1.54) is 0 Å². The zero-order valence-corrected chi connectivity index (χ0v) is 17.7. The molecule has 0 saturated heterocycles. The van der Waals surface area contributed by atoms with Crippen LogP contribution in [0.25, 0.3) is 0 Å². The normalized spacial score (nSPS) is 9.69. The molecule has 0 aromatic heterocycles. The van der Waals surface area contributed by atoms with Gasteiger partial charge in [-0.3, -0.25) is 5.41 Å². The lowest BCUT2D eigenvalue weighted by Crippen LogP contribution is -2.31. The summed E-state index contributed by atoms with van der Waals surface area (Å²) in [6.45, 7) is 0.